The molecule has 0 spiro atoms. The van der Waals surface area contributed by atoms with Crippen LogP contribution in [0.2, 0.25) is 0 Å². The summed E-state index contributed by atoms with van der Waals surface area (Å²) in [7, 11) is 0. The minimum Gasteiger partial charge on any atom is -0.387 e. The topological polar surface area (TPSA) is 167 Å². The number of primary amides is 2. The minimum absolute atomic E-state index is 0.547. The van der Waals surface area contributed by atoms with Gasteiger partial charge < -0.3 is 31.9 Å². The number of carbonyl (C=O) groups excluding carboxylic acids is 2. The van der Waals surface area contributed by atoms with Crippen molar-refractivity contribution in [1.29, 1.82) is 0 Å². The molecule has 4 atom stereocenters. The molecule has 0 aromatic rings. The standard InChI is InChI=1S/C18H34N2O6/c1-2-3-4-5-6-7-8-9-10-11-12-18(26,17(20)25)15(23)13(21)14(22)16(19)24/h11-15,21-23,26H,2-10H2,1H3,(H2,19,24)(H2,20,25)/b12-11+. The molecule has 8 nitrogen and oxygen atoms in total. The fourth-order valence-corrected chi connectivity index (χ4v) is 2.59. The lowest BCUT2D eigenvalue weighted by Crippen LogP contribution is -2.60. The van der Waals surface area contributed by atoms with E-state index in [2.05, 4.69) is 6.92 Å². The summed E-state index contributed by atoms with van der Waals surface area (Å²) in [5.74, 6) is -2.61. The van der Waals surface area contributed by atoms with Crippen molar-refractivity contribution in [3.05, 3.63) is 12.2 Å². The lowest BCUT2D eigenvalue weighted by molar-refractivity contribution is -0.164. The van der Waals surface area contributed by atoms with Gasteiger partial charge in [0.25, 0.3) is 5.91 Å². The number of hydrogen-bond donors (Lipinski definition) is 6. The molecule has 0 saturated carbocycles. The minimum atomic E-state index is -2.62. The van der Waals surface area contributed by atoms with Gasteiger partial charge in [0.15, 0.2) is 11.7 Å². The van der Waals surface area contributed by atoms with Crippen LogP contribution in [0, 0.1) is 0 Å². The summed E-state index contributed by atoms with van der Waals surface area (Å²) in [5.41, 5.74) is 7.31. The number of nitrogens with two attached hydrogens (primary N) is 2. The molecule has 0 aliphatic rings. The van der Waals surface area contributed by atoms with E-state index in [1.807, 2.05) is 0 Å². The smallest absolute Gasteiger partial charge is 0.256 e. The molecule has 2 amide bonds. The van der Waals surface area contributed by atoms with Crippen LogP contribution in [-0.4, -0.2) is 56.2 Å². The lowest BCUT2D eigenvalue weighted by atomic mass is 9.88. The molecule has 8 N–H and O–H groups in total. The molecule has 0 heterocycles. The van der Waals surface area contributed by atoms with Crippen molar-refractivity contribution in [1.82, 2.24) is 0 Å². The summed E-state index contributed by atoms with van der Waals surface area (Å²) in [5, 5.41) is 39.3. The van der Waals surface area contributed by atoms with Crippen LogP contribution in [0.1, 0.15) is 64.7 Å². The van der Waals surface area contributed by atoms with Crippen molar-refractivity contribution in [3.8, 4) is 0 Å². The number of rotatable bonds is 15. The number of aliphatic hydroxyl groups is 4. The average Bonchev–Trinajstić information content (AvgIpc) is 2.60. The summed E-state index contributed by atoms with van der Waals surface area (Å²) < 4.78 is 0. The van der Waals surface area contributed by atoms with Crippen molar-refractivity contribution >= 4 is 11.8 Å². The molecule has 8 heteroatoms. The third kappa shape index (κ3) is 8.27. The first kappa shape index (κ1) is 24.5. The van der Waals surface area contributed by atoms with Crippen LogP contribution in [0.5, 0.6) is 0 Å². The molecular formula is C18H34N2O6. The number of amides is 2. The molecule has 4 unspecified atom stereocenters. The van der Waals surface area contributed by atoms with Gasteiger partial charge >= 0.3 is 0 Å². The van der Waals surface area contributed by atoms with E-state index in [1.165, 1.54) is 38.2 Å². The van der Waals surface area contributed by atoms with Crippen molar-refractivity contribution in [2.75, 3.05) is 0 Å². The highest BCUT2D eigenvalue weighted by molar-refractivity contribution is 5.87. The molecule has 152 valence electrons. The van der Waals surface area contributed by atoms with Gasteiger partial charge in [-0.05, 0) is 18.9 Å². The molecule has 0 aliphatic heterocycles. The Balaban J connectivity index is 4.46. The number of allylic oxidation sites excluding steroid dienone is 1. The zero-order valence-corrected chi connectivity index (χ0v) is 15.5. The summed E-state index contributed by atoms with van der Waals surface area (Å²) in [6.45, 7) is 2.17. The van der Waals surface area contributed by atoms with Gasteiger partial charge in [-0.2, -0.15) is 0 Å². The van der Waals surface area contributed by atoms with Gasteiger partial charge in [-0.3, -0.25) is 9.59 Å². The molecule has 0 radical (unpaired) electrons. The van der Waals surface area contributed by atoms with Gasteiger partial charge in [-0.25, -0.2) is 0 Å². The Kier molecular flexibility index (Phi) is 12.1. The highest BCUT2D eigenvalue weighted by Crippen LogP contribution is 2.19. The Morgan fingerprint density at radius 2 is 1.46 bits per heavy atom. The Morgan fingerprint density at radius 1 is 0.962 bits per heavy atom. The van der Waals surface area contributed by atoms with E-state index in [1.54, 1.807) is 0 Å². The fourth-order valence-electron chi connectivity index (χ4n) is 2.59. The van der Waals surface area contributed by atoms with Crippen LogP contribution in [-0.2, 0) is 9.59 Å². The highest BCUT2D eigenvalue weighted by atomic mass is 16.4. The predicted molar refractivity (Wildman–Crippen MR) is 97.7 cm³/mol. The second-order valence-corrected chi connectivity index (χ2v) is 6.64. The highest BCUT2D eigenvalue weighted by Gasteiger charge is 2.46. The van der Waals surface area contributed by atoms with Crippen molar-refractivity contribution < 1.29 is 30.0 Å². The first-order valence-corrected chi connectivity index (χ1v) is 9.22. The Morgan fingerprint density at radius 3 is 1.92 bits per heavy atom. The van der Waals surface area contributed by atoms with E-state index in [9.17, 15) is 30.0 Å². The quantitative estimate of drug-likeness (QED) is 0.172. The molecule has 26 heavy (non-hydrogen) atoms. The monoisotopic (exact) mass is 374 g/mol. The van der Waals surface area contributed by atoms with E-state index >= 15 is 0 Å². The van der Waals surface area contributed by atoms with Crippen LogP contribution in [0.15, 0.2) is 12.2 Å². The Labute approximate surface area is 154 Å². The first-order valence-electron chi connectivity index (χ1n) is 9.22. The maximum absolute atomic E-state index is 11.5. The second-order valence-electron chi connectivity index (χ2n) is 6.64. The van der Waals surface area contributed by atoms with Crippen LogP contribution in [0.3, 0.4) is 0 Å². The molecular weight excluding hydrogens is 340 g/mol. The van der Waals surface area contributed by atoms with E-state index in [4.69, 9.17) is 11.5 Å². The zero-order valence-electron chi connectivity index (χ0n) is 15.5. The van der Waals surface area contributed by atoms with E-state index in [0.29, 0.717) is 6.42 Å². The van der Waals surface area contributed by atoms with Gasteiger partial charge in [0.05, 0.1) is 0 Å². The van der Waals surface area contributed by atoms with Crippen molar-refractivity contribution in [2.24, 2.45) is 11.5 Å². The lowest BCUT2D eigenvalue weighted by Gasteiger charge is -2.31. The summed E-state index contributed by atoms with van der Waals surface area (Å²) in [6, 6.07) is 0. The van der Waals surface area contributed by atoms with E-state index in [0.717, 1.165) is 25.3 Å². The normalized spacial score (nSPS) is 17.6. The average molecular weight is 374 g/mol. The third-order valence-electron chi connectivity index (χ3n) is 4.38. The van der Waals surface area contributed by atoms with Crippen molar-refractivity contribution in [2.45, 2.75) is 88.6 Å². The molecule has 0 aromatic carbocycles. The maximum atomic E-state index is 11.5. The number of unbranched alkanes of at least 4 members (excludes halogenated alkanes) is 8. The number of aliphatic hydroxyl groups excluding tert-OH is 3. The molecule has 0 aromatic heterocycles. The predicted octanol–water partition coefficient (Wildman–Crippen LogP) is -0.142. The molecule has 0 rings (SSSR count). The van der Waals surface area contributed by atoms with E-state index in [-0.39, 0.29) is 0 Å². The van der Waals surface area contributed by atoms with E-state index < -0.39 is 35.7 Å². The van der Waals surface area contributed by atoms with Gasteiger partial charge in [0.2, 0.25) is 5.91 Å². The second kappa shape index (κ2) is 12.8. The van der Waals surface area contributed by atoms with Crippen LogP contribution < -0.4 is 11.5 Å². The molecule has 0 bridgehead atoms. The Bertz CT molecular complexity index is 457. The van der Waals surface area contributed by atoms with Gasteiger partial charge in [-0.1, -0.05) is 57.9 Å². The largest absolute Gasteiger partial charge is 0.387 e. The fraction of sp³-hybridized carbons (Fsp3) is 0.778. The van der Waals surface area contributed by atoms with Crippen LogP contribution >= 0.6 is 0 Å². The van der Waals surface area contributed by atoms with Gasteiger partial charge in [-0.15, -0.1) is 0 Å². The van der Waals surface area contributed by atoms with Crippen LogP contribution in [0.4, 0.5) is 0 Å². The molecule has 0 fully saturated rings. The van der Waals surface area contributed by atoms with Gasteiger partial charge in [0, 0.05) is 0 Å². The number of hydrogen-bond acceptors (Lipinski definition) is 6. The SMILES string of the molecule is CCCCCCCCCC/C=C/C(O)(C(N)=O)C(O)C(O)C(O)C(N)=O. The summed E-state index contributed by atoms with van der Waals surface area (Å²) in [6.07, 6.45) is 5.56. The third-order valence-corrected chi connectivity index (χ3v) is 4.38. The zero-order chi connectivity index (χ0) is 20.2. The van der Waals surface area contributed by atoms with Crippen LogP contribution in [0.25, 0.3) is 0 Å². The Hall–Kier alpha value is -1.48. The first-order chi connectivity index (χ1) is 12.2. The summed E-state index contributed by atoms with van der Waals surface area (Å²) >= 11 is 0. The summed E-state index contributed by atoms with van der Waals surface area (Å²) in [4.78, 5) is 22.4. The van der Waals surface area contributed by atoms with Gasteiger partial charge in [0.1, 0.15) is 12.2 Å². The number of carbonyl (C=O) groups is 2. The maximum Gasteiger partial charge on any atom is 0.256 e. The molecule has 0 saturated heterocycles. The van der Waals surface area contributed by atoms with Crippen molar-refractivity contribution in [3.63, 3.8) is 0 Å². The molecule has 0 aliphatic carbocycles.